The number of anilines is 1. The summed E-state index contributed by atoms with van der Waals surface area (Å²) in [6, 6.07) is 13.5. The number of Topliss-reactive ketones (excluding diaryl/α,β-unsaturated/α-hetero) is 1. The van der Waals surface area contributed by atoms with Crippen molar-refractivity contribution < 1.29 is 18.8 Å². The largest absolute Gasteiger partial charge is 0.337 e. The number of nitrogens with zero attached hydrogens (tertiary/aromatic N) is 7. The second-order valence-corrected chi connectivity index (χ2v) is 10.3. The van der Waals surface area contributed by atoms with Crippen LogP contribution in [0.15, 0.2) is 73.4 Å². The number of amides is 2. The van der Waals surface area contributed by atoms with Gasteiger partial charge in [0.25, 0.3) is 0 Å². The molecular formula is C30H27FN8O3. The van der Waals surface area contributed by atoms with Gasteiger partial charge in [0.2, 0.25) is 11.8 Å². The number of carbonyl (C=O) groups excluding carboxylic acids is 3. The molecule has 1 unspecified atom stereocenters. The summed E-state index contributed by atoms with van der Waals surface area (Å²) in [5.74, 6) is -0.514. The summed E-state index contributed by atoms with van der Waals surface area (Å²) >= 11 is 0. The topological polar surface area (TPSA) is 128 Å². The Morgan fingerprint density at radius 3 is 2.62 bits per heavy atom. The number of para-hydroxylation sites is 1. The maximum absolute atomic E-state index is 14.7. The number of ketones is 1. The normalized spacial score (nSPS) is 16.6. The Kier molecular flexibility index (Phi) is 7.03. The summed E-state index contributed by atoms with van der Waals surface area (Å²) in [4.78, 5) is 40.8. The van der Waals surface area contributed by atoms with Crippen LogP contribution >= 0.6 is 0 Å². The van der Waals surface area contributed by atoms with Gasteiger partial charge in [-0.3, -0.25) is 14.4 Å². The minimum Gasteiger partial charge on any atom is -0.337 e. The summed E-state index contributed by atoms with van der Waals surface area (Å²) in [6.07, 6.45) is 4.95. The van der Waals surface area contributed by atoms with Gasteiger partial charge >= 0.3 is 0 Å². The van der Waals surface area contributed by atoms with Crippen LogP contribution in [0.3, 0.4) is 0 Å². The number of fused-ring (bicyclic) bond motifs is 1. The molecule has 0 bridgehead atoms. The third kappa shape index (κ3) is 5.02. The molecule has 1 aliphatic rings. The molecule has 1 fully saturated rings. The zero-order valence-electron chi connectivity index (χ0n) is 22.9. The molecule has 1 saturated heterocycles. The van der Waals surface area contributed by atoms with Gasteiger partial charge in [-0.25, -0.2) is 4.39 Å². The van der Waals surface area contributed by atoms with Crippen LogP contribution < -0.4 is 5.32 Å². The fraction of sp³-hybridized carbons (Fsp3) is 0.233. The zero-order valence-corrected chi connectivity index (χ0v) is 22.9. The second-order valence-electron chi connectivity index (χ2n) is 10.3. The van der Waals surface area contributed by atoms with E-state index in [-0.39, 0.29) is 25.3 Å². The van der Waals surface area contributed by atoms with Gasteiger partial charge in [-0.1, -0.05) is 18.2 Å². The number of aryl methyl sites for hydroxylation is 1. The predicted octanol–water partition coefficient (Wildman–Crippen LogP) is 3.67. The monoisotopic (exact) mass is 566 g/mol. The number of nitrogens with one attached hydrogen (secondary N) is 1. The highest BCUT2D eigenvalue weighted by molar-refractivity contribution is 6.08. The van der Waals surface area contributed by atoms with E-state index >= 15 is 0 Å². The molecule has 0 saturated carbocycles. The number of rotatable bonds is 7. The highest BCUT2D eigenvalue weighted by atomic mass is 19.1. The summed E-state index contributed by atoms with van der Waals surface area (Å²) in [6.45, 7) is 1.11. The third-order valence-corrected chi connectivity index (χ3v) is 7.49. The van der Waals surface area contributed by atoms with Gasteiger partial charge in [-0.05, 0) is 42.8 Å². The van der Waals surface area contributed by atoms with E-state index in [2.05, 4.69) is 25.7 Å². The number of hydrogen-bond donors (Lipinski definition) is 1. The number of likely N-dealkylation sites (tertiary alicyclic amines) is 1. The van der Waals surface area contributed by atoms with E-state index in [9.17, 15) is 18.8 Å². The van der Waals surface area contributed by atoms with Crippen LogP contribution in [0.5, 0.6) is 0 Å². The minimum atomic E-state index is -1.34. The Balaban J connectivity index is 1.26. The first kappa shape index (κ1) is 26.9. The molecule has 4 heterocycles. The molecule has 212 valence electrons. The SMILES string of the molecule is CC(=O)c1cn(CC(=O)N2C[C@H](F)CC2C(=O)Nc2ccccc2-c2nncn2C)c2ccc(-c3ccnnc3)cc12. The standard InChI is InChI=1S/C30H27FN8O3/c1-18(40)24-15-38(26-8-7-19(11-23(24)26)20-9-10-32-33-13-20)16-28(41)39-14-21(31)12-27(39)30(42)35-25-6-4-3-5-22(25)29-36-34-17-37(29)2/h3-11,13,15,17,21,27H,12,14,16H2,1-2H3,(H,35,42)/t21-,27?/m1/s1. The summed E-state index contributed by atoms with van der Waals surface area (Å²) < 4.78 is 18.1. The lowest BCUT2D eigenvalue weighted by Gasteiger charge is -2.24. The fourth-order valence-electron chi connectivity index (χ4n) is 5.43. The van der Waals surface area contributed by atoms with Crippen LogP contribution in [-0.2, 0) is 23.2 Å². The number of halogens is 1. The van der Waals surface area contributed by atoms with Crippen LogP contribution in [0.4, 0.5) is 10.1 Å². The van der Waals surface area contributed by atoms with E-state index in [0.29, 0.717) is 33.5 Å². The van der Waals surface area contributed by atoms with Crippen LogP contribution in [0, 0.1) is 0 Å². The molecule has 0 radical (unpaired) electrons. The first-order valence-electron chi connectivity index (χ1n) is 13.4. The van der Waals surface area contributed by atoms with Crippen molar-refractivity contribution >= 4 is 34.2 Å². The van der Waals surface area contributed by atoms with Gasteiger partial charge < -0.3 is 19.4 Å². The van der Waals surface area contributed by atoms with Gasteiger partial charge in [-0.15, -0.1) is 10.2 Å². The highest BCUT2D eigenvalue weighted by Gasteiger charge is 2.40. The van der Waals surface area contributed by atoms with E-state index in [1.807, 2.05) is 30.3 Å². The lowest BCUT2D eigenvalue weighted by atomic mass is 10.0. The molecular weight excluding hydrogens is 539 g/mol. The van der Waals surface area contributed by atoms with Gasteiger partial charge in [0.1, 0.15) is 25.1 Å². The molecule has 0 spiro atoms. The van der Waals surface area contributed by atoms with Crippen molar-refractivity contribution in [2.24, 2.45) is 7.05 Å². The van der Waals surface area contributed by atoms with Crippen molar-refractivity contribution in [1.82, 2.24) is 34.4 Å². The summed E-state index contributed by atoms with van der Waals surface area (Å²) in [5.41, 5.74) is 3.95. The van der Waals surface area contributed by atoms with Crippen LogP contribution in [0.2, 0.25) is 0 Å². The molecule has 0 aliphatic carbocycles. The Bertz CT molecular complexity index is 1820. The van der Waals surface area contributed by atoms with Crippen LogP contribution in [0.1, 0.15) is 23.7 Å². The number of aromatic nitrogens is 6. The maximum Gasteiger partial charge on any atom is 0.247 e. The van der Waals surface area contributed by atoms with Crippen molar-refractivity contribution in [2.45, 2.75) is 32.1 Å². The van der Waals surface area contributed by atoms with E-state index in [4.69, 9.17) is 0 Å². The van der Waals surface area contributed by atoms with E-state index in [0.717, 1.165) is 11.1 Å². The van der Waals surface area contributed by atoms with Gasteiger partial charge in [0.05, 0.1) is 24.6 Å². The molecule has 2 atom stereocenters. The quantitative estimate of drug-likeness (QED) is 0.298. The van der Waals surface area contributed by atoms with Gasteiger partial charge in [-0.2, -0.15) is 10.2 Å². The molecule has 6 rings (SSSR count). The molecule has 3 aromatic heterocycles. The average Bonchev–Trinajstić information content (AvgIpc) is 3.70. The zero-order chi connectivity index (χ0) is 29.4. The smallest absolute Gasteiger partial charge is 0.247 e. The number of alkyl halides is 1. The molecule has 12 heteroatoms. The maximum atomic E-state index is 14.7. The van der Waals surface area contributed by atoms with Gasteiger partial charge in [0.15, 0.2) is 11.6 Å². The summed E-state index contributed by atoms with van der Waals surface area (Å²) in [7, 11) is 1.79. The minimum absolute atomic E-state index is 0.113. The third-order valence-electron chi connectivity index (χ3n) is 7.49. The molecule has 2 amide bonds. The van der Waals surface area contributed by atoms with E-state index in [1.165, 1.54) is 11.8 Å². The molecule has 1 N–H and O–H groups in total. The Morgan fingerprint density at radius 1 is 1.05 bits per heavy atom. The van der Waals surface area contributed by atoms with Crippen molar-refractivity contribution in [3.05, 3.63) is 79.0 Å². The van der Waals surface area contributed by atoms with Crippen molar-refractivity contribution in [1.29, 1.82) is 0 Å². The number of benzene rings is 2. The fourth-order valence-corrected chi connectivity index (χ4v) is 5.43. The van der Waals surface area contributed by atoms with Crippen LogP contribution in [0.25, 0.3) is 33.4 Å². The average molecular weight is 567 g/mol. The molecule has 5 aromatic rings. The van der Waals surface area contributed by atoms with E-state index in [1.54, 1.807) is 59.3 Å². The Morgan fingerprint density at radius 2 is 1.88 bits per heavy atom. The Labute approximate surface area is 240 Å². The number of carbonyl (C=O) groups is 3. The molecule has 42 heavy (non-hydrogen) atoms. The highest BCUT2D eigenvalue weighted by Crippen LogP contribution is 2.30. The van der Waals surface area contributed by atoms with Crippen molar-refractivity contribution in [2.75, 3.05) is 11.9 Å². The van der Waals surface area contributed by atoms with Crippen molar-refractivity contribution in [3.63, 3.8) is 0 Å². The lowest BCUT2D eigenvalue weighted by Crippen LogP contribution is -2.44. The van der Waals surface area contributed by atoms with Crippen molar-refractivity contribution in [3.8, 4) is 22.5 Å². The lowest BCUT2D eigenvalue weighted by molar-refractivity contribution is -0.137. The number of hydrogen-bond acceptors (Lipinski definition) is 7. The Hall–Kier alpha value is -5.26. The molecule has 1 aliphatic heterocycles. The molecule has 2 aromatic carbocycles. The summed E-state index contributed by atoms with van der Waals surface area (Å²) in [5, 5.41) is 19.3. The van der Waals surface area contributed by atoms with E-state index < -0.39 is 24.0 Å². The first-order valence-corrected chi connectivity index (χ1v) is 13.4. The first-order chi connectivity index (χ1) is 20.3. The molecule has 11 nitrogen and oxygen atoms in total. The van der Waals surface area contributed by atoms with Crippen LogP contribution in [-0.4, -0.2) is 70.8 Å². The predicted molar refractivity (Wildman–Crippen MR) is 153 cm³/mol. The van der Waals surface area contributed by atoms with Gasteiger partial charge in [0, 0.05) is 47.3 Å². The second kappa shape index (κ2) is 11.0.